The monoisotopic (exact) mass is 277 g/mol. The van der Waals surface area contributed by atoms with Crippen LogP contribution in [0.1, 0.15) is 37.4 Å². The minimum Gasteiger partial charge on any atom is -0.370 e. The molecule has 1 aromatic rings. The average molecular weight is 277 g/mol. The molecule has 3 nitrogen and oxygen atoms in total. The molecule has 1 unspecified atom stereocenters. The van der Waals surface area contributed by atoms with Crippen molar-refractivity contribution in [2.75, 3.05) is 19.7 Å². The van der Waals surface area contributed by atoms with Crippen molar-refractivity contribution in [1.29, 1.82) is 0 Å². The van der Waals surface area contributed by atoms with Gasteiger partial charge in [0.05, 0.1) is 13.2 Å². The van der Waals surface area contributed by atoms with Gasteiger partial charge in [-0.1, -0.05) is 31.0 Å². The highest BCUT2D eigenvalue weighted by Gasteiger charge is 2.32. The van der Waals surface area contributed by atoms with Gasteiger partial charge >= 0.3 is 0 Å². The summed E-state index contributed by atoms with van der Waals surface area (Å²) in [5, 5.41) is 0. The van der Waals surface area contributed by atoms with E-state index in [0.717, 1.165) is 25.7 Å². The van der Waals surface area contributed by atoms with E-state index in [1.54, 1.807) is 18.2 Å². The van der Waals surface area contributed by atoms with Crippen molar-refractivity contribution in [3.63, 3.8) is 0 Å². The summed E-state index contributed by atoms with van der Waals surface area (Å²) in [6.45, 7) is 1.58. The highest BCUT2D eigenvalue weighted by Crippen LogP contribution is 2.30. The van der Waals surface area contributed by atoms with Crippen molar-refractivity contribution >= 4 is 5.91 Å². The van der Waals surface area contributed by atoms with Gasteiger partial charge in [0, 0.05) is 18.0 Å². The van der Waals surface area contributed by atoms with Crippen molar-refractivity contribution in [2.24, 2.45) is 5.92 Å². The van der Waals surface area contributed by atoms with E-state index in [4.69, 9.17) is 4.74 Å². The van der Waals surface area contributed by atoms with Gasteiger partial charge in [0.15, 0.2) is 0 Å². The molecule has 0 radical (unpaired) electrons. The van der Waals surface area contributed by atoms with Crippen LogP contribution in [-0.4, -0.2) is 30.5 Å². The number of amides is 1. The Morgan fingerprint density at radius 2 is 2.00 bits per heavy atom. The molecule has 1 saturated heterocycles. The number of hydrogen-bond acceptors (Lipinski definition) is 2. The predicted octanol–water partition coefficient (Wildman–Crippen LogP) is 2.92. The van der Waals surface area contributed by atoms with Crippen LogP contribution in [-0.2, 0) is 9.53 Å². The minimum absolute atomic E-state index is 0.175. The highest BCUT2D eigenvalue weighted by atomic mass is 19.1. The lowest BCUT2D eigenvalue weighted by atomic mass is 10.0. The van der Waals surface area contributed by atoms with Crippen LogP contribution < -0.4 is 0 Å². The summed E-state index contributed by atoms with van der Waals surface area (Å²) >= 11 is 0. The van der Waals surface area contributed by atoms with E-state index in [9.17, 15) is 9.18 Å². The Labute approximate surface area is 118 Å². The molecule has 4 heteroatoms. The molecule has 0 N–H and O–H groups in total. The van der Waals surface area contributed by atoms with Crippen LogP contribution in [0.4, 0.5) is 4.39 Å². The van der Waals surface area contributed by atoms with Crippen LogP contribution >= 0.6 is 0 Å². The summed E-state index contributed by atoms with van der Waals surface area (Å²) in [4.78, 5) is 14.3. The standard InChI is InChI=1S/C16H20FNO2/c17-14-8-4-3-7-13(14)15-11-18(9-10-20-15)16(19)12-5-1-2-6-12/h3-4,7-8,12,15H,1-2,5-6,9-11H2. The Kier molecular flexibility index (Phi) is 4.01. The van der Waals surface area contributed by atoms with Crippen molar-refractivity contribution < 1.29 is 13.9 Å². The molecule has 1 amide bonds. The Bertz CT molecular complexity index is 485. The fraction of sp³-hybridized carbons (Fsp3) is 0.562. The first-order valence-electron chi connectivity index (χ1n) is 7.40. The van der Waals surface area contributed by atoms with E-state index in [0.29, 0.717) is 25.3 Å². The normalized spacial score (nSPS) is 24.1. The molecule has 1 aliphatic heterocycles. The number of halogens is 1. The molecule has 3 rings (SSSR count). The van der Waals surface area contributed by atoms with Crippen LogP contribution in [0.15, 0.2) is 24.3 Å². The molecular formula is C16H20FNO2. The van der Waals surface area contributed by atoms with E-state index < -0.39 is 0 Å². The van der Waals surface area contributed by atoms with Crippen LogP contribution in [0.5, 0.6) is 0 Å². The molecule has 1 saturated carbocycles. The van der Waals surface area contributed by atoms with Crippen LogP contribution in [0, 0.1) is 11.7 Å². The maximum Gasteiger partial charge on any atom is 0.225 e. The maximum atomic E-state index is 13.8. The summed E-state index contributed by atoms with van der Waals surface area (Å²) < 4.78 is 19.5. The summed E-state index contributed by atoms with van der Waals surface area (Å²) in [6, 6.07) is 6.66. The summed E-state index contributed by atoms with van der Waals surface area (Å²) in [7, 11) is 0. The van der Waals surface area contributed by atoms with Crippen LogP contribution in [0.3, 0.4) is 0 Å². The Balaban J connectivity index is 1.70. The number of morpholine rings is 1. The highest BCUT2D eigenvalue weighted by molar-refractivity contribution is 5.79. The molecule has 0 bridgehead atoms. The van der Waals surface area contributed by atoms with Crippen LogP contribution in [0.25, 0.3) is 0 Å². The third-order valence-corrected chi connectivity index (χ3v) is 4.33. The van der Waals surface area contributed by atoms with E-state index in [1.165, 1.54) is 6.07 Å². The quantitative estimate of drug-likeness (QED) is 0.832. The maximum absolute atomic E-state index is 13.8. The Hall–Kier alpha value is -1.42. The van der Waals surface area contributed by atoms with Gasteiger partial charge in [-0.15, -0.1) is 0 Å². The third-order valence-electron chi connectivity index (χ3n) is 4.33. The minimum atomic E-state index is -0.338. The number of nitrogens with zero attached hydrogens (tertiary/aromatic N) is 1. The van der Waals surface area contributed by atoms with E-state index in [2.05, 4.69) is 0 Å². The number of ether oxygens (including phenoxy) is 1. The van der Waals surface area contributed by atoms with E-state index in [-0.39, 0.29) is 23.7 Å². The summed E-state index contributed by atoms with van der Waals surface area (Å²) in [5.74, 6) is 0.147. The fourth-order valence-electron chi connectivity index (χ4n) is 3.20. The molecule has 108 valence electrons. The number of carbonyl (C=O) groups is 1. The first-order valence-corrected chi connectivity index (χ1v) is 7.40. The predicted molar refractivity (Wildman–Crippen MR) is 73.6 cm³/mol. The van der Waals surface area contributed by atoms with Gasteiger partial charge in [-0.25, -0.2) is 4.39 Å². The Morgan fingerprint density at radius 3 is 2.75 bits per heavy atom. The van der Waals surface area contributed by atoms with E-state index in [1.807, 2.05) is 4.90 Å². The lowest BCUT2D eigenvalue weighted by molar-refractivity contribution is -0.143. The number of hydrogen-bond donors (Lipinski definition) is 0. The van der Waals surface area contributed by atoms with Gasteiger partial charge in [0.1, 0.15) is 11.9 Å². The van der Waals surface area contributed by atoms with Crippen molar-refractivity contribution in [3.05, 3.63) is 35.6 Å². The smallest absolute Gasteiger partial charge is 0.225 e. The molecule has 0 spiro atoms. The lowest BCUT2D eigenvalue weighted by Gasteiger charge is -2.34. The molecule has 1 aromatic carbocycles. The molecule has 0 aromatic heterocycles. The Morgan fingerprint density at radius 1 is 1.25 bits per heavy atom. The fourth-order valence-corrected chi connectivity index (χ4v) is 3.20. The van der Waals surface area contributed by atoms with Gasteiger partial charge in [-0.05, 0) is 18.9 Å². The molecule has 1 heterocycles. The molecule has 20 heavy (non-hydrogen) atoms. The zero-order valence-corrected chi connectivity index (χ0v) is 11.6. The molecule has 1 aliphatic carbocycles. The van der Waals surface area contributed by atoms with Crippen molar-refractivity contribution in [1.82, 2.24) is 4.90 Å². The summed E-state index contributed by atoms with van der Waals surface area (Å²) in [6.07, 6.45) is 3.96. The second-order valence-electron chi connectivity index (χ2n) is 5.65. The lowest BCUT2D eigenvalue weighted by Crippen LogP contribution is -2.44. The molecule has 2 aliphatic rings. The SMILES string of the molecule is O=C(C1CCCC1)N1CCOC(c2ccccc2F)C1. The van der Waals surface area contributed by atoms with Gasteiger partial charge in [0.2, 0.25) is 5.91 Å². The molecule has 1 atom stereocenters. The number of benzene rings is 1. The van der Waals surface area contributed by atoms with Gasteiger partial charge in [-0.3, -0.25) is 4.79 Å². The number of carbonyl (C=O) groups excluding carboxylic acids is 1. The zero-order valence-electron chi connectivity index (χ0n) is 11.6. The largest absolute Gasteiger partial charge is 0.370 e. The van der Waals surface area contributed by atoms with Gasteiger partial charge in [0.25, 0.3) is 0 Å². The third kappa shape index (κ3) is 2.70. The van der Waals surface area contributed by atoms with E-state index >= 15 is 0 Å². The van der Waals surface area contributed by atoms with Gasteiger partial charge < -0.3 is 9.64 Å². The second kappa shape index (κ2) is 5.92. The second-order valence-corrected chi connectivity index (χ2v) is 5.65. The average Bonchev–Trinajstić information content (AvgIpc) is 3.01. The molecular weight excluding hydrogens is 257 g/mol. The summed E-state index contributed by atoms with van der Waals surface area (Å²) in [5.41, 5.74) is 0.552. The van der Waals surface area contributed by atoms with Crippen LogP contribution in [0.2, 0.25) is 0 Å². The number of rotatable bonds is 2. The zero-order chi connectivity index (χ0) is 13.9. The van der Waals surface area contributed by atoms with Gasteiger partial charge in [-0.2, -0.15) is 0 Å². The van der Waals surface area contributed by atoms with Crippen molar-refractivity contribution in [2.45, 2.75) is 31.8 Å². The molecule has 2 fully saturated rings. The first-order chi connectivity index (χ1) is 9.75. The first kappa shape index (κ1) is 13.6. The topological polar surface area (TPSA) is 29.5 Å². The van der Waals surface area contributed by atoms with Crippen molar-refractivity contribution in [3.8, 4) is 0 Å².